The predicted octanol–water partition coefficient (Wildman–Crippen LogP) is 1.92. The minimum atomic E-state index is -0.786. The van der Waals surface area contributed by atoms with E-state index in [1.807, 2.05) is 0 Å². The van der Waals surface area contributed by atoms with Gasteiger partial charge in [-0.15, -0.1) is 0 Å². The summed E-state index contributed by atoms with van der Waals surface area (Å²) in [6, 6.07) is 2.12. The van der Waals surface area contributed by atoms with E-state index in [9.17, 15) is 14.5 Å². The molecule has 0 aliphatic carbocycles. The molecule has 0 aromatic heterocycles. The predicted molar refractivity (Wildman–Crippen MR) is 62.9 cm³/mol. The van der Waals surface area contributed by atoms with E-state index in [0.717, 1.165) is 12.5 Å². The zero-order chi connectivity index (χ0) is 12.6. The van der Waals surface area contributed by atoms with Gasteiger partial charge in [-0.25, -0.2) is 4.39 Å². The zero-order valence-electron chi connectivity index (χ0n) is 8.90. The molecule has 0 amide bonds. The summed E-state index contributed by atoms with van der Waals surface area (Å²) < 4.78 is 13.2. The van der Waals surface area contributed by atoms with E-state index in [1.54, 1.807) is 4.90 Å². The van der Waals surface area contributed by atoms with E-state index in [2.05, 4.69) is 0 Å². The molecule has 1 atom stereocenters. The topological polar surface area (TPSA) is 72.4 Å². The number of nitro benzene ring substituents is 1. The van der Waals surface area contributed by atoms with Crippen molar-refractivity contribution in [2.24, 2.45) is 5.73 Å². The molecule has 0 radical (unpaired) electrons. The van der Waals surface area contributed by atoms with Crippen LogP contribution in [0.3, 0.4) is 0 Å². The number of nitro groups is 1. The van der Waals surface area contributed by atoms with Crippen LogP contribution in [-0.2, 0) is 0 Å². The highest BCUT2D eigenvalue weighted by Gasteiger charge is 2.27. The lowest BCUT2D eigenvalue weighted by molar-refractivity contribution is -0.384. The number of anilines is 1. The normalized spacial score (nSPS) is 19.7. The average Bonchev–Trinajstić information content (AvgIpc) is 2.68. The van der Waals surface area contributed by atoms with Crippen LogP contribution >= 0.6 is 11.6 Å². The van der Waals surface area contributed by atoms with E-state index in [-0.39, 0.29) is 16.8 Å². The second-order valence-electron chi connectivity index (χ2n) is 4.01. The summed E-state index contributed by atoms with van der Waals surface area (Å²) in [6.07, 6.45) is 0.756. The summed E-state index contributed by atoms with van der Waals surface area (Å²) in [5.41, 5.74) is 5.79. The van der Waals surface area contributed by atoms with Crippen LogP contribution in [-0.4, -0.2) is 24.1 Å². The maximum Gasteiger partial charge on any atom is 0.295 e. The first-order valence-electron chi connectivity index (χ1n) is 5.13. The van der Waals surface area contributed by atoms with Gasteiger partial charge in [-0.2, -0.15) is 0 Å². The molecular formula is C10H11ClFN3O2. The fraction of sp³-hybridized carbons (Fsp3) is 0.400. The number of hydrogen-bond acceptors (Lipinski definition) is 4. The van der Waals surface area contributed by atoms with Crippen LogP contribution in [0.2, 0.25) is 5.02 Å². The smallest absolute Gasteiger partial charge is 0.295 e. The molecular weight excluding hydrogens is 249 g/mol. The molecule has 1 fully saturated rings. The van der Waals surface area contributed by atoms with E-state index >= 15 is 0 Å². The fourth-order valence-electron chi connectivity index (χ4n) is 1.93. The minimum Gasteiger partial charge on any atom is -0.364 e. The molecule has 1 aliphatic rings. The molecule has 5 nitrogen and oxygen atoms in total. The van der Waals surface area contributed by atoms with Gasteiger partial charge in [0.2, 0.25) is 0 Å². The molecule has 2 N–H and O–H groups in total. The summed E-state index contributed by atoms with van der Waals surface area (Å²) in [7, 11) is 0. The van der Waals surface area contributed by atoms with Crippen molar-refractivity contribution in [3.63, 3.8) is 0 Å². The van der Waals surface area contributed by atoms with Crippen molar-refractivity contribution >= 4 is 23.0 Å². The highest BCUT2D eigenvalue weighted by molar-refractivity contribution is 6.31. The van der Waals surface area contributed by atoms with E-state index in [0.29, 0.717) is 18.8 Å². The van der Waals surface area contributed by atoms with Crippen molar-refractivity contribution in [3.8, 4) is 0 Å². The lowest BCUT2D eigenvalue weighted by Gasteiger charge is -2.18. The van der Waals surface area contributed by atoms with E-state index in [1.165, 1.54) is 6.07 Å². The minimum absolute atomic E-state index is 0.0153. The van der Waals surface area contributed by atoms with Crippen molar-refractivity contribution in [2.75, 3.05) is 18.0 Å². The summed E-state index contributed by atoms with van der Waals surface area (Å²) in [6.45, 7) is 1.13. The third-order valence-corrected chi connectivity index (χ3v) is 3.07. The van der Waals surface area contributed by atoms with Crippen molar-refractivity contribution in [1.29, 1.82) is 0 Å². The van der Waals surface area contributed by atoms with Crippen molar-refractivity contribution in [1.82, 2.24) is 0 Å². The number of benzene rings is 1. The van der Waals surface area contributed by atoms with Crippen LogP contribution in [0.25, 0.3) is 0 Å². The second kappa shape index (κ2) is 4.46. The van der Waals surface area contributed by atoms with Gasteiger partial charge < -0.3 is 10.6 Å². The zero-order valence-corrected chi connectivity index (χ0v) is 9.65. The summed E-state index contributed by atoms with van der Waals surface area (Å²) >= 11 is 5.65. The third-order valence-electron chi connectivity index (χ3n) is 2.78. The Labute approximate surface area is 102 Å². The lowest BCUT2D eigenvalue weighted by Crippen LogP contribution is -2.26. The molecule has 0 bridgehead atoms. The second-order valence-corrected chi connectivity index (χ2v) is 4.41. The van der Waals surface area contributed by atoms with Gasteiger partial charge in [0.1, 0.15) is 11.5 Å². The SMILES string of the molecule is NC1CCN(c2cc(Cl)c(F)cc2[N+](=O)[O-])C1. The quantitative estimate of drug-likeness (QED) is 0.651. The van der Waals surface area contributed by atoms with Crippen LogP contribution in [0.4, 0.5) is 15.8 Å². The van der Waals surface area contributed by atoms with Crippen LogP contribution in [0.1, 0.15) is 6.42 Å². The Morgan fingerprint density at radius 2 is 2.29 bits per heavy atom. The third kappa shape index (κ3) is 2.32. The van der Waals surface area contributed by atoms with Gasteiger partial charge in [-0.05, 0) is 12.5 Å². The molecule has 1 saturated heterocycles. The largest absolute Gasteiger partial charge is 0.364 e. The average molecular weight is 260 g/mol. The number of rotatable bonds is 2. The van der Waals surface area contributed by atoms with Gasteiger partial charge in [0.25, 0.3) is 5.69 Å². The van der Waals surface area contributed by atoms with Gasteiger partial charge in [0.15, 0.2) is 0 Å². The Morgan fingerprint density at radius 3 is 2.82 bits per heavy atom. The molecule has 1 aromatic rings. The van der Waals surface area contributed by atoms with E-state index < -0.39 is 10.7 Å². The van der Waals surface area contributed by atoms with Gasteiger partial charge in [-0.1, -0.05) is 11.6 Å². The molecule has 0 saturated carbocycles. The van der Waals surface area contributed by atoms with Gasteiger partial charge in [0.05, 0.1) is 16.0 Å². The van der Waals surface area contributed by atoms with Crippen molar-refractivity contribution in [3.05, 3.63) is 33.1 Å². The molecule has 7 heteroatoms. The Hall–Kier alpha value is -1.40. The molecule has 1 aliphatic heterocycles. The van der Waals surface area contributed by atoms with E-state index in [4.69, 9.17) is 17.3 Å². The Morgan fingerprint density at radius 1 is 1.59 bits per heavy atom. The summed E-state index contributed by atoms with van der Waals surface area (Å²) in [5, 5.41) is 10.7. The first kappa shape index (κ1) is 12.1. The molecule has 17 heavy (non-hydrogen) atoms. The molecule has 1 aromatic carbocycles. The standard InChI is InChI=1S/C10H11ClFN3O2/c11-7-3-9(14-2-1-6(13)5-14)10(15(16)17)4-8(7)12/h3-4,6H,1-2,5,13H2. The van der Waals surface area contributed by atoms with Crippen LogP contribution in [0.5, 0.6) is 0 Å². The van der Waals surface area contributed by atoms with Crippen LogP contribution in [0, 0.1) is 15.9 Å². The Balaban J connectivity index is 2.44. The van der Waals surface area contributed by atoms with Crippen molar-refractivity contribution in [2.45, 2.75) is 12.5 Å². The Bertz CT molecular complexity index is 469. The molecule has 1 heterocycles. The lowest BCUT2D eigenvalue weighted by atomic mass is 10.2. The maximum absolute atomic E-state index is 13.2. The highest BCUT2D eigenvalue weighted by atomic mass is 35.5. The number of nitrogens with zero attached hydrogens (tertiary/aromatic N) is 2. The van der Waals surface area contributed by atoms with Gasteiger partial charge in [-0.3, -0.25) is 10.1 Å². The van der Waals surface area contributed by atoms with Gasteiger partial charge >= 0.3 is 0 Å². The number of hydrogen-bond donors (Lipinski definition) is 1. The molecule has 92 valence electrons. The molecule has 0 spiro atoms. The van der Waals surface area contributed by atoms with Gasteiger partial charge in [0, 0.05) is 19.1 Å². The molecule has 1 unspecified atom stereocenters. The summed E-state index contributed by atoms with van der Waals surface area (Å²) in [5.74, 6) is -0.786. The molecule has 2 rings (SSSR count). The van der Waals surface area contributed by atoms with Crippen LogP contribution < -0.4 is 10.6 Å². The first-order valence-corrected chi connectivity index (χ1v) is 5.51. The number of nitrogens with two attached hydrogens (primary N) is 1. The van der Waals surface area contributed by atoms with Crippen LogP contribution in [0.15, 0.2) is 12.1 Å². The Kier molecular flexibility index (Phi) is 3.17. The maximum atomic E-state index is 13.2. The fourth-order valence-corrected chi connectivity index (χ4v) is 2.09. The number of halogens is 2. The van der Waals surface area contributed by atoms with Crippen molar-refractivity contribution < 1.29 is 9.31 Å². The highest BCUT2D eigenvalue weighted by Crippen LogP contribution is 2.34. The summed E-state index contributed by atoms with van der Waals surface area (Å²) in [4.78, 5) is 12.0. The first-order chi connectivity index (χ1) is 7.99. The monoisotopic (exact) mass is 259 g/mol.